The zero-order valence-corrected chi connectivity index (χ0v) is 8.00. The van der Waals surface area contributed by atoms with Crippen LogP contribution in [-0.4, -0.2) is 13.4 Å². The van der Waals surface area contributed by atoms with E-state index < -0.39 is 32.7 Å². The van der Waals surface area contributed by atoms with E-state index in [1.165, 1.54) is 6.07 Å². The van der Waals surface area contributed by atoms with E-state index in [1.807, 2.05) is 0 Å². The van der Waals surface area contributed by atoms with E-state index in [0.717, 1.165) is 6.07 Å². The molecule has 1 aromatic heterocycles. The average Bonchev–Trinajstić information content (AvgIpc) is 2.15. The van der Waals surface area contributed by atoms with Crippen LogP contribution in [0.4, 0.5) is 8.78 Å². The number of rotatable bonds is 2. The van der Waals surface area contributed by atoms with Gasteiger partial charge in [-0.25, -0.2) is 27.3 Å². The van der Waals surface area contributed by atoms with Gasteiger partial charge in [0.1, 0.15) is 17.5 Å². The first kappa shape index (κ1) is 11.5. The van der Waals surface area contributed by atoms with Crippen molar-refractivity contribution >= 4 is 10.0 Å². The van der Waals surface area contributed by atoms with Crippen LogP contribution in [0.15, 0.2) is 17.0 Å². The van der Waals surface area contributed by atoms with Crippen molar-refractivity contribution in [2.45, 2.75) is 11.3 Å². The van der Waals surface area contributed by atoms with Crippen molar-refractivity contribution in [3.8, 4) is 6.07 Å². The summed E-state index contributed by atoms with van der Waals surface area (Å²) >= 11 is 0. The number of nitriles is 1. The Morgan fingerprint density at radius 3 is 2.47 bits per heavy atom. The fraction of sp³-hybridized carbons (Fsp3) is 0.143. The summed E-state index contributed by atoms with van der Waals surface area (Å²) < 4.78 is 46.2. The second kappa shape index (κ2) is 3.88. The fourth-order valence-corrected chi connectivity index (χ4v) is 1.42. The zero-order valence-electron chi connectivity index (χ0n) is 7.18. The van der Waals surface area contributed by atoms with Crippen molar-refractivity contribution < 1.29 is 17.2 Å². The number of primary sulfonamides is 1. The molecule has 0 bridgehead atoms. The normalized spacial score (nSPS) is 11.4. The van der Waals surface area contributed by atoms with E-state index in [0.29, 0.717) is 6.07 Å². The number of aromatic nitrogens is 1. The van der Waals surface area contributed by atoms with Gasteiger partial charge < -0.3 is 0 Å². The van der Waals surface area contributed by atoms with Gasteiger partial charge in [0.05, 0.1) is 4.90 Å². The van der Waals surface area contributed by atoms with Crippen molar-refractivity contribution in [2.24, 2.45) is 5.14 Å². The SMILES string of the molecule is N#Cc1cc(S(N)(=O)=O)cc(C(F)F)n1. The third kappa shape index (κ3) is 2.68. The van der Waals surface area contributed by atoms with E-state index in [1.54, 1.807) is 0 Å². The molecule has 2 N–H and O–H groups in total. The Kier molecular flexibility index (Phi) is 2.97. The molecule has 0 saturated carbocycles. The minimum absolute atomic E-state index is 0.420. The Labute approximate surface area is 84.2 Å². The highest BCUT2D eigenvalue weighted by molar-refractivity contribution is 7.89. The number of pyridine rings is 1. The lowest BCUT2D eigenvalue weighted by Crippen LogP contribution is -2.13. The standard InChI is InChI=1S/C7H5F2N3O2S/c8-7(9)6-2-5(15(11,13)14)1-4(3-10)12-6/h1-2,7H,(H2,11,13,14). The number of hydrogen-bond donors (Lipinski definition) is 1. The predicted molar refractivity (Wildman–Crippen MR) is 45.3 cm³/mol. The van der Waals surface area contributed by atoms with Gasteiger partial charge in [-0.15, -0.1) is 0 Å². The quantitative estimate of drug-likeness (QED) is 0.805. The summed E-state index contributed by atoms with van der Waals surface area (Å²) in [5.41, 5.74) is -1.21. The lowest BCUT2D eigenvalue weighted by atomic mass is 10.3. The third-order valence-electron chi connectivity index (χ3n) is 1.49. The number of halogens is 2. The Morgan fingerprint density at radius 1 is 1.47 bits per heavy atom. The molecule has 15 heavy (non-hydrogen) atoms. The van der Waals surface area contributed by atoms with E-state index >= 15 is 0 Å². The van der Waals surface area contributed by atoms with Crippen LogP contribution in [0.5, 0.6) is 0 Å². The second-order valence-electron chi connectivity index (χ2n) is 2.57. The van der Waals surface area contributed by atoms with Gasteiger partial charge in [0.15, 0.2) is 0 Å². The van der Waals surface area contributed by atoms with Crippen LogP contribution in [0, 0.1) is 11.3 Å². The molecule has 8 heteroatoms. The van der Waals surface area contributed by atoms with Crippen LogP contribution >= 0.6 is 0 Å². The number of nitrogens with zero attached hydrogens (tertiary/aromatic N) is 2. The lowest BCUT2D eigenvalue weighted by Gasteiger charge is -2.02. The van der Waals surface area contributed by atoms with Crippen LogP contribution in [-0.2, 0) is 10.0 Å². The molecule has 1 heterocycles. The van der Waals surface area contributed by atoms with Gasteiger partial charge in [-0.05, 0) is 12.1 Å². The summed E-state index contributed by atoms with van der Waals surface area (Å²) in [5, 5.41) is 13.2. The highest BCUT2D eigenvalue weighted by atomic mass is 32.2. The number of hydrogen-bond acceptors (Lipinski definition) is 4. The van der Waals surface area contributed by atoms with Crippen LogP contribution in [0.2, 0.25) is 0 Å². The first-order chi connectivity index (χ1) is 6.84. The van der Waals surface area contributed by atoms with Gasteiger partial charge in [-0.1, -0.05) is 0 Å². The Morgan fingerprint density at radius 2 is 2.07 bits per heavy atom. The molecule has 0 aliphatic rings. The average molecular weight is 233 g/mol. The maximum absolute atomic E-state index is 12.2. The van der Waals surface area contributed by atoms with Gasteiger partial charge in [0, 0.05) is 0 Å². The Balaban J connectivity index is 3.45. The molecule has 0 atom stereocenters. The number of nitrogens with two attached hydrogens (primary N) is 1. The molecule has 0 aromatic carbocycles. The monoisotopic (exact) mass is 233 g/mol. The molecule has 80 valence electrons. The molecule has 0 radical (unpaired) electrons. The van der Waals surface area contributed by atoms with Gasteiger partial charge in [0.2, 0.25) is 10.0 Å². The molecular formula is C7H5F2N3O2S. The lowest BCUT2D eigenvalue weighted by molar-refractivity contribution is 0.145. The highest BCUT2D eigenvalue weighted by Gasteiger charge is 2.16. The zero-order chi connectivity index (χ0) is 11.6. The summed E-state index contributed by atoms with van der Waals surface area (Å²) in [6.07, 6.45) is -2.96. The van der Waals surface area contributed by atoms with Crippen molar-refractivity contribution in [1.29, 1.82) is 5.26 Å². The highest BCUT2D eigenvalue weighted by Crippen LogP contribution is 2.20. The molecule has 0 unspecified atom stereocenters. The van der Waals surface area contributed by atoms with E-state index in [-0.39, 0.29) is 0 Å². The van der Waals surface area contributed by atoms with Crippen molar-refractivity contribution in [2.75, 3.05) is 0 Å². The molecule has 0 fully saturated rings. The van der Waals surface area contributed by atoms with Gasteiger partial charge >= 0.3 is 0 Å². The smallest absolute Gasteiger partial charge is 0.236 e. The minimum Gasteiger partial charge on any atom is -0.236 e. The van der Waals surface area contributed by atoms with Crippen molar-refractivity contribution in [1.82, 2.24) is 4.98 Å². The summed E-state index contributed by atoms with van der Waals surface area (Å²) in [6, 6.07) is 2.94. The first-order valence-electron chi connectivity index (χ1n) is 3.57. The maximum atomic E-state index is 12.2. The molecule has 0 saturated heterocycles. The number of alkyl halides is 2. The fourth-order valence-electron chi connectivity index (χ4n) is 0.859. The molecule has 1 aromatic rings. The van der Waals surface area contributed by atoms with Crippen molar-refractivity contribution in [3.63, 3.8) is 0 Å². The van der Waals surface area contributed by atoms with E-state index in [4.69, 9.17) is 10.4 Å². The predicted octanol–water partition coefficient (Wildman–Crippen LogP) is 0.538. The van der Waals surface area contributed by atoms with E-state index in [2.05, 4.69) is 4.98 Å². The largest absolute Gasteiger partial charge is 0.280 e. The maximum Gasteiger partial charge on any atom is 0.280 e. The van der Waals surface area contributed by atoms with Crippen LogP contribution in [0.25, 0.3) is 0 Å². The molecule has 0 aliphatic carbocycles. The molecule has 0 amide bonds. The topological polar surface area (TPSA) is 96.8 Å². The van der Waals surface area contributed by atoms with Crippen LogP contribution < -0.4 is 5.14 Å². The van der Waals surface area contributed by atoms with E-state index in [9.17, 15) is 17.2 Å². The summed E-state index contributed by atoms with van der Waals surface area (Å²) in [4.78, 5) is 2.68. The van der Waals surface area contributed by atoms with Gasteiger partial charge in [0.25, 0.3) is 6.43 Å². The molecule has 0 spiro atoms. The Bertz CT molecular complexity index is 522. The Hall–Kier alpha value is -1.59. The summed E-state index contributed by atoms with van der Waals surface area (Å²) in [5.74, 6) is 0. The summed E-state index contributed by atoms with van der Waals surface area (Å²) in [7, 11) is -4.12. The second-order valence-corrected chi connectivity index (χ2v) is 4.13. The van der Waals surface area contributed by atoms with Crippen molar-refractivity contribution in [3.05, 3.63) is 23.5 Å². The molecule has 1 rings (SSSR count). The van der Waals surface area contributed by atoms with Crippen LogP contribution in [0.3, 0.4) is 0 Å². The first-order valence-corrected chi connectivity index (χ1v) is 5.12. The molecule has 0 aliphatic heterocycles. The van der Waals surface area contributed by atoms with Crippen LogP contribution in [0.1, 0.15) is 17.8 Å². The molecule has 5 nitrogen and oxygen atoms in total. The molecular weight excluding hydrogens is 228 g/mol. The number of sulfonamides is 1. The van der Waals surface area contributed by atoms with Gasteiger partial charge in [-0.2, -0.15) is 5.26 Å². The minimum atomic E-state index is -4.12. The van der Waals surface area contributed by atoms with Gasteiger partial charge in [-0.3, -0.25) is 0 Å². The third-order valence-corrected chi connectivity index (χ3v) is 2.38. The summed E-state index contributed by atoms with van der Waals surface area (Å²) in [6.45, 7) is 0.